The Labute approximate surface area is 147 Å². The first-order valence-electron chi connectivity index (χ1n) is 8.43. The van der Waals surface area contributed by atoms with Crippen molar-refractivity contribution in [3.63, 3.8) is 0 Å². The van der Waals surface area contributed by atoms with E-state index in [9.17, 15) is 9.90 Å². The highest BCUT2D eigenvalue weighted by Crippen LogP contribution is 2.24. The van der Waals surface area contributed by atoms with E-state index < -0.39 is 5.60 Å². The predicted octanol–water partition coefficient (Wildman–Crippen LogP) is 0.471. The number of aryl methyl sites for hydroxylation is 1. The highest BCUT2D eigenvalue weighted by molar-refractivity contribution is 5.75. The van der Waals surface area contributed by atoms with Gasteiger partial charge in [-0.1, -0.05) is 0 Å². The zero-order valence-electron chi connectivity index (χ0n) is 14.7. The van der Waals surface area contributed by atoms with Gasteiger partial charge in [-0.15, -0.1) is 0 Å². The van der Waals surface area contributed by atoms with Gasteiger partial charge in [0.15, 0.2) is 0 Å². The minimum atomic E-state index is -0.966. The number of aromatic nitrogens is 4. The third-order valence-corrected chi connectivity index (χ3v) is 4.58. The standard InChI is InChI=1S/C17H24N6O2/c1-14-18-8-10-22(14)11-15(24)21(2)12-17(25)5-3-9-23(13-17)16-19-6-4-7-20-16/h4,6-8,10,25H,3,5,9,11-13H2,1-2H3/t17-/m0/s1. The van der Waals surface area contributed by atoms with Gasteiger partial charge in [0.25, 0.3) is 0 Å². The van der Waals surface area contributed by atoms with Crippen molar-refractivity contribution in [3.05, 3.63) is 36.7 Å². The molecule has 0 aliphatic carbocycles. The van der Waals surface area contributed by atoms with Gasteiger partial charge >= 0.3 is 0 Å². The van der Waals surface area contributed by atoms with Crippen LogP contribution in [0.2, 0.25) is 0 Å². The zero-order valence-corrected chi connectivity index (χ0v) is 14.7. The molecule has 2 aromatic heterocycles. The first-order chi connectivity index (χ1) is 12.0. The molecule has 0 aromatic carbocycles. The topological polar surface area (TPSA) is 87.4 Å². The lowest BCUT2D eigenvalue weighted by molar-refractivity contribution is -0.134. The number of imidazole rings is 1. The molecule has 8 nitrogen and oxygen atoms in total. The number of hydrogen-bond acceptors (Lipinski definition) is 6. The van der Waals surface area contributed by atoms with Crippen molar-refractivity contribution in [2.24, 2.45) is 0 Å². The van der Waals surface area contributed by atoms with Gasteiger partial charge in [-0.05, 0) is 25.8 Å². The van der Waals surface area contributed by atoms with Crippen LogP contribution in [0.25, 0.3) is 0 Å². The summed E-state index contributed by atoms with van der Waals surface area (Å²) >= 11 is 0. The van der Waals surface area contributed by atoms with E-state index in [0.717, 1.165) is 18.8 Å². The molecule has 1 aliphatic rings. The van der Waals surface area contributed by atoms with E-state index >= 15 is 0 Å². The summed E-state index contributed by atoms with van der Waals surface area (Å²) < 4.78 is 1.80. The normalized spacial score (nSPS) is 20.5. The number of nitrogens with zero attached hydrogens (tertiary/aromatic N) is 6. The molecule has 0 bridgehead atoms. The smallest absolute Gasteiger partial charge is 0.242 e. The number of rotatable bonds is 5. The van der Waals surface area contributed by atoms with Gasteiger partial charge in [0.2, 0.25) is 11.9 Å². The molecule has 0 spiro atoms. The quantitative estimate of drug-likeness (QED) is 0.848. The summed E-state index contributed by atoms with van der Waals surface area (Å²) in [6.45, 7) is 3.59. The lowest BCUT2D eigenvalue weighted by atomic mass is 9.92. The summed E-state index contributed by atoms with van der Waals surface area (Å²) in [7, 11) is 1.73. The molecule has 1 saturated heterocycles. The minimum absolute atomic E-state index is 0.0531. The van der Waals surface area contributed by atoms with Crippen LogP contribution in [0.15, 0.2) is 30.9 Å². The number of amides is 1. The predicted molar refractivity (Wildman–Crippen MR) is 93.0 cm³/mol. The highest BCUT2D eigenvalue weighted by atomic mass is 16.3. The van der Waals surface area contributed by atoms with Crippen molar-refractivity contribution in [2.45, 2.75) is 31.9 Å². The van der Waals surface area contributed by atoms with Gasteiger partial charge in [0.1, 0.15) is 12.4 Å². The molecule has 134 valence electrons. The number of anilines is 1. The third kappa shape index (κ3) is 4.14. The van der Waals surface area contributed by atoms with Crippen LogP contribution in [-0.2, 0) is 11.3 Å². The van der Waals surface area contributed by atoms with E-state index in [1.54, 1.807) is 47.4 Å². The monoisotopic (exact) mass is 344 g/mol. The van der Waals surface area contributed by atoms with Crippen molar-refractivity contribution < 1.29 is 9.90 Å². The second-order valence-electron chi connectivity index (χ2n) is 6.65. The second-order valence-corrected chi connectivity index (χ2v) is 6.65. The first-order valence-corrected chi connectivity index (χ1v) is 8.43. The summed E-state index contributed by atoms with van der Waals surface area (Å²) in [5, 5.41) is 11.0. The molecule has 25 heavy (non-hydrogen) atoms. The highest BCUT2D eigenvalue weighted by Gasteiger charge is 2.36. The van der Waals surface area contributed by atoms with Crippen LogP contribution in [0.4, 0.5) is 5.95 Å². The molecule has 1 N–H and O–H groups in total. The van der Waals surface area contributed by atoms with Crippen LogP contribution in [0, 0.1) is 6.92 Å². The van der Waals surface area contributed by atoms with Crippen LogP contribution in [0.1, 0.15) is 18.7 Å². The summed E-state index contributed by atoms with van der Waals surface area (Å²) in [6.07, 6.45) is 8.33. The van der Waals surface area contributed by atoms with E-state index in [1.165, 1.54) is 0 Å². The third-order valence-electron chi connectivity index (χ3n) is 4.58. The first kappa shape index (κ1) is 17.3. The minimum Gasteiger partial charge on any atom is -0.386 e. The number of hydrogen-bond donors (Lipinski definition) is 1. The lowest BCUT2D eigenvalue weighted by Crippen LogP contribution is -2.55. The number of β-amino-alcohol motifs (C(OH)–C–C–N with tert-alkyl or cyclic N) is 1. The molecule has 1 aliphatic heterocycles. The second kappa shape index (κ2) is 7.18. The fourth-order valence-electron chi connectivity index (χ4n) is 3.23. The van der Waals surface area contributed by atoms with Crippen molar-refractivity contribution in [1.82, 2.24) is 24.4 Å². The molecule has 8 heteroatoms. The summed E-state index contributed by atoms with van der Waals surface area (Å²) in [6, 6.07) is 1.77. The van der Waals surface area contributed by atoms with Crippen molar-refractivity contribution in [2.75, 3.05) is 31.6 Å². The number of likely N-dealkylation sites (N-methyl/N-ethyl adjacent to an activating group) is 1. The Morgan fingerprint density at radius 3 is 2.76 bits per heavy atom. The molecule has 0 unspecified atom stereocenters. The molecule has 1 atom stereocenters. The largest absolute Gasteiger partial charge is 0.386 e. The lowest BCUT2D eigenvalue weighted by Gasteiger charge is -2.41. The number of piperidine rings is 1. The summed E-state index contributed by atoms with van der Waals surface area (Å²) in [5.41, 5.74) is -0.966. The Kier molecular flexibility index (Phi) is 4.98. The molecular formula is C17H24N6O2. The van der Waals surface area contributed by atoms with Crippen LogP contribution in [0.3, 0.4) is 0 Å². The Bertz CT molecular complexity index is 719. The van der Waals surface area contributed by atoms with Crippen molar-refractivity contribution in [1.29, 1.82) is 0 Å². The zero-order chi connectivity index (χ0) is 17.9. The maximum atomic E-state index is 12.5. The SMILES string of the molecule is Cc1nccn1CC(=O)N(C)C[C@@]1(O)CCCN(c2ncccn2)C1. The molecule has 3 heterocycles. The summed E-state index contributed by atoms with van der Waals surface area (Å²) in [4.78, 5) is 28.7. The van der Waals surface area contributed by atoms with E-state index in [-0.39, 0.29) is 19.0 Å². The fourth-order valence-corrected chi connectivity index (χ4v) is 3.23. The maximum absolute atomic E-state index is 12.5. The summed E-state index contributed by atoms with van der Waals surface area (Å²) in [5.74, 6) is 1.36. The van der Waals surface area contributed by atoms with E-state index in [1.807, 2.05) is 11.8 Å². The number of carbonyl (C=O) groups is 1. The average Bonchev–Trinajstić information content (AvgIpc) is 3.00. The van der Waals surface area contributed by atoms with Gasteiger partial charge < -0.3 is 19.5 Å². The Hall–Kier alpha value is -2.48. The van der Waals surface area contributed by atoms with E-state index in [2.05, 4.69) is 15.0 Å². The molecule has 1 amide bonds. The van der Waals surface area contributed by atoms with Crippen LogP contribution in [0.5, 0.6) is 0 Å². The van der Waals surface area contributed by atoms with Crippen LogP contribution < -0.4 is 4.90 Å². The van der Waals surface area contributed by atoms with Crippen molar-refractivity contribution in [3.8, 4) is 0 Å². The van der Waals surface area contributed by atoms with Crippen LogP contribution >= 0.6 is 0 Å². The van der Waals surface area contributed by atoms with Crippen molar-refractivity contribution >= 4 is 11.9 Å². The van der Waals surface area contributed by atoms with E-state index in [0.29, 0.717) is 18.9 Å². The maximum Gasteiger partial charge on any atom is 0.242 e. The van der Waals surface area contributed by atoms with E-state index in [4.69, 9.17) is 0 Å². The fraction of sp³-hybridized carbons (Fsp3) is 0.529. The molecular weight excluding hydrogens is 320 g/mol. The Morgan fingerprint density at radius 2 is 2.08 bits per heavy atom. The van der Waals surface area contributed by atoms with Gasteiger partial charge in [-0.25, -0.2) is 15.0 Å². The van der Waals surface area contributed by atoms with Gasteiger partial charge in [0.05, 0.1) is 18.7 Å². The number of carbonyl (C=O) groups excluding carboxylic acids is 1. The molecule has 2 aromatic rings. The van der Waals surface area contributed by atoms with Crippen LogP contribution in [-0.4, -0.2) is 67.7 Å². The Balaban J connectivity index is 1.62. The van der Waals surface area contributed by atoms with Gasteiger partial charge in [0, 0.05) is 38.4 Å². The Morgan fingerprint density at radius 1 is 1.32 bits per heavy atom. The number of aliphatic hydroxyl groups is 1. The molecule has 1 fully saturated rings. The van der Waals surface area contributed by atoms with Gasteiger partial charge in [-0.3, -0.25) is 4.79 Å². The molecule has 0 radical (unpaired) electrons. The molecule has 3 rings (SSSR count). The average molecular weight is 344 g/mol. The van der Waals surface area contributed by atoms with Gasteiger partial charge in [-0.2, -0.15) is 0 Å². The molecule has 0 saturated carbocycles.